The molecule has 0 atom stereocenters. The smallest absolute Gasteiger partial charge is 0.272 e. The molecule has 1 N–H and O–H groups in total. The molecular weight excluding hydrogens is 260 g/mol. The van der Waals surface area contributed by atoms with Gasteiger partial charge in [-0.15, -0.1) is 0 Å². The largest absolute Gasteiger partial charge is 0.348 e. The Morgan fingerprint density at radius 2 is 2.20 bits per heavy atom. The summed E-state index contributed by atoms with van der Waals surface area (Å²) in [6.07, 6.45) is 3.63. The van der Waals surface area contributed by atoms with Crippen molar-refractivity contribution in [2.24, 2.45) is 0 Å². The van der Waals surface area contributed by atoms with Crippen LogP contribution in [0.25, 0.3) is 5.69 Å². The molecule has 1 fully saturated rings. The molecule has 1 aromatic carbocycles. The molecule has 2 aromatic rings. The number of carbonyl (C=O) groups excluding carboxylic acids is 1. The van der Waals surface area contributed by atoms with Crippen molar-refractivity contribution in [2.45, 2.75) is 18.9 Å². The van der Waals surface area contributed by atoms with E-state index in [1.807, 2.05) is 0 Å². The molecule has 0 radical (unpaired) electrons. The van der Waals surface area contributed by atoms with Crippen molar-refractivity contribution in [1.29, 1.82) is 0 Å². The third kappa shape index (κ3) is 2.51. The second-order valence-corrected chi connectivity index (χ2v) is 4.67. The van der Waals surface area contributed by atoms with Gasteiger partial charge >= 0.3 is 0 Å². The first-order chi connectivity index (χ1) is 9.63. The lowest BCUT2D eigenvalue weighted by molar-refractivity contribution is -0.384. The first kappa shape index (κ1) is 12.3. The van der Waals surface area contributed by atoms with E-state index in [9.17, 15) is 14.9 Å². The molecule has 20 heavy (non-hydrogen) atoms. The number of benzene rings is 1. The van der Waals surface area contributed by atoms with Crippen molar-refractivity contribution in [3.8, 4) is 5.69 Å². The maximum absolute atomic E-state index is 11.8. The number of nitrogens with one attached hydrogen (secondary N) is 1. The van der Waals surface area contributed by atoms with Crippen molar-refractivity contribution in [3.63, 3.8) is 0 Å². The van der Waals surface area contributed by atoms with Crippen molar-refractivity contribution in [1.82, 2.24) is 15.1 Å². The van der Waals surface area contributed by atoms with Gasteiger partial charge in [0.15, 0.2) is 5.69 Å². The first-order valence-corrected chi connectivity index (χ1v) is 6.25. The Balaban J connectivity index is 1.83. The molecule has 1 heterocycles. The van der Waals surface area contributed by atoms with Gasteiger partial charge in [0.25, 0.3) is 11.6 Å². The number of nitro groups is 1. The van der Waals surface area contributed by atoms with Gasteiger partial charge in [0.05, 0.1) is 10.6 Å². The van der Waals surface area contributed by atoms with Crippen molar-refractivity contribution in [3.05, 3.63) is 52.3 Å². The normalized spacial score (nSPS) is 14.0. The third-order valence-corrected chi connectivity index (χ3v) is 3.04. The molecule has 1 aliphatic rings. The zero-order valence-electron chi connectivity index (χ0n) is 10.5. The van der Waals surface area contributed by atoms with Gasteiger partial charge in [-0.3, -0.25) is 14.9 Å². The second kappa shape index (κ2) is 4.76. The molecule has 1 amide bonds. The van der Waals surface area contributed by atoms with E-state index in [1.165, 1.54) is 16.8 Å². The number of hydrogen-bond acceptors (Lipinski definition) is 4. The molecule has 102 valence electrons. The zero-order valence-corrected chi connectivity index (χ0v) is 10.5. The van der Waals surface area contributed by atoms with Crippen LogP contribution in [0.5, 0.6) is 0 Å². The van der Waals surface area contributed by atoms with Crippen molar-refractivity contribution >= 4 is 11.6 Å². The summed E-state index contributed by atoms with van der Waals surface area (Å²) in [4.78, 5) is 22.1. The Hall–Kier alpha value is -2.70. The van der Waals surface area contributed by atoms with E-state index in [1.54, 1.807) is 24.4 Å². The number of nitrogens with zero attached hydrogens (tertiary/aromatic N) is 3. The van der Waals surface area contributed by atoms with E-state index in [0.717, 1.165) is 12.8 Å². The maximum Gasteiger partial charge on any atom is 0.272 e. The molecule has 1 aliphatic carbocycles. The third-order valence-electron chi connectivity index (χ3n) is 3.04. The molecule has 0 unspecified atom stereocenters. The van der Waals surface area contributed by atoms with E-state index >= 15 is 0 Å². The van der Waals surface area contributed by atoms with Gasteiger partial charge in [-0.2, -0.15) is 5.10 Å². The van der Waals surface area contributed by atoms with Gasteiger partial charge < -0.3 is 5.32 Å². The summed E-state index contributed by atoms with van der Waals surface area (Å²) >= 11 is 0. The number of carbonyl (C=O) groups is 1. The van der Waals surface area contributed by atoms with Gasteiger partial charge in [0.2, 0.25) is 0 Å². The Morgan fingerprint density at radius 1 is 1.40 bits per heavy atom. The Kier molecular flexibility index (Phi) is 2.94. The number of rotatable bonds is 4. The predicted molar refractivity (Wildman–Crippen MR) is 70.7 cm³/mol. The van der Waals surface area contributed by atoms with Crippen molar-refractivity contribution in [2.75, 3.05) is 0 Å². The van der Waals surface area contributed by atoms with Crippen LogP contribution < -0.4 is 5.32 Å². The average Bonchev–Trinajstić information content (AvgIpc) is 3.11. The SMILES string of the molecule is O=C(NC1CC1)c1ccn(-c2cccc([N+](=O)[O-])c2)n1. The van der Waals surface area contributed by atoms with Gasteiger partial charge in [0, 0.05) is 24.4 Å². The average molecular weight is 272 g/mol. The predicted octanol–water partition coefficient (Wildman–Crippen LogP) is 1.67. The summed E-state index contributed by atoms with van der Waals surface area (Å²) in [5.41, 5.74) is 0.843. The molecule has 1 saturated carbocycles. The van der Waals surface area contributed by atoms with Gasteiger partial charge in [-0.25, -0.2) is 4.68 Å². The van der Waals surface area contributed by atoms with E-state index < -0.39 is 4.92 Å². The highest BCUT2D eigenvalue weighted by Gasteiger charge is 2.24. The van der Waals surface area contributed by atoms with E-state index in [4.69, 9.17) is 0 Å². The van der Waals surface area contributed by atoms with Crippen LogP contribution in [0.1, 0.15) is 23.3 Å². The molecule has 3 rings (SSSR count). The standard InChI is InChI=1S/C13H12N4O3/c18-13(14-9-4-5-9)12-6-7-16(15-12)10-2-1-3-11(8-10)17(19)20/h1-3,6-9H,4-5H2,(H,14,18). The van der Waals surface area contributed by atoms with Crippen LogP contribution in [-0.2, 0) is 0 Å². The Morgan fingerprint density at radius 3 is 2.90 bits per heavy atom. The molecule has 7 heteroatoms. The number of nitro benzene ring substituents is 1. The molecule has 0 saturated heterocycles. The lowest BCUT2D eigenvalue weighted by Crippen LogP contribution is -2.25. The van der Waals surface area contributed by atoms with E-state index in [-0.39, 0.29) is 17.6 Å². The van der Waals surface area contributed by atoms with Crippen molar-refractivity contribution < 1.29 is 9.72 Å². The first-order valence-electron chi connectivity index (χ1n) is 6.25. The van der Waals surface area contributed by atoms with Gasteiger partial charge in [-0.05, 0) is 25.0 Å². The van der Waals surface area contributed by atoms with Crippen LogP contribution in [0.15, 0.2) is 36.5 Å². The number of amides is 1. The molecule has 0 spiro atoms. The highest BCUT2D eigenvalue weighted by Crippen LogP contribution is 2.19. The van der Waals surface area contributed by atoms with E-state index in [0.29, 0.717) is 11.4 Å². The van der Waals surface area contributed by atoms with Crippen LogP contribution in [0, 0.1) is 10.1 Å². The van der Waals surface area contributed by atoms with Crippen LogP contribution in [0.3, 0.4) is 0 Å². The zero-order chi connectivity index (χ0) is 14.1. The second-order valence-electron chi connectivity index (χ2n) is 4.67. The Bertz CT molecular complexity index is 676. The number of hydrogen-bond donors (Lipinski definition) is 1. The minimum atomic E-state index is -0.465. The Labute approximate surface area is 114 Å². The summed E-state index contributed by atoms with van der Waals surface area (Å²) in [5, 5.41) is 17.7. The minimum Gasteiger partial charge on any atom is -0.348 e. The molecule has 0 bridgehead atoms. The highest BCUT2D eigenvalue weighted by molar-refractivity contribution is 5.92. The van der Waals surface area contributed by atoms with E-state index in [2.05, 4.69) is 10.4 Å². The fraction of sp³-hybridized carbons (Fsp3) is 0.231. The topological polar surface area (TPSA) is 90.1 Å². The van der Waals surface area contributed by atoms with Gasteiger partial charge in [-0.1, -0.05) is 6.07 Å². The molecule has 0 aliphatic heterocycles. The lowest BCUT2D eigenvalue weighted by Gasteiger charge is -2.01. The van der Waals surface area contributed by atoms with Crippen LogP contribution >= 0.6 is 0 Å². The van der Waals surface area contributed by atoms with Crippen LogP contribution in [-0.4, -0.2) is 26.7 Å². The summed E-state index contributed by atoms with van der Waals surface area (Å²) in [7, 11) is 0. The maximum atomic E-state index is 11.8. The molecular formula is C13H12N4O3. The monoisotopic (exact) mass is 272 g/mol. The fourth-order valence-corrected chi connectivity index (χ4v) is 1.82. The quantitative estimate of drug-likeness (QED) is 0.677. The number of aromatic nitrogens is 2. The number of non-ortho nitro benzene ring substituents is 1. The minimum absolute atomic E-state index is 0.0121. The van der Waals surface area contributed by atoms with Crippen LogP contribution in [0.4, 0.5) is 5.69 Å². The summed E-state index contributed by atoms with van der Waals surface area (Å²) in [6.45, 7) is 0. The summed E-state index contributed by atoms with van der Waals surface area (Å²) in [6, 6.07) is 7.96. The lowest BCUT2D eigenvalue weighted by atomic mass is 10.3. The van der Waals surface area contributed by atoms with Crippen LogP contribution in [0.2, 0.25) is 0 Å². The molecule has 7 nitrogen and oxygen atoms in total. The summed E-state index contributed by atoms with van der Waals surface area (Å²) < 4.78 is 1.45. The fourth-order valence-electron chi connectivity index (χ4n) is 1.82. The summed E-state index contributed by atoms with van der Waals surface area (Å²) in [5.74, 6) is -0.211. The highest BCUT2D eigenvalue weighted by atomic mass is 16.6. The molecule has 1 aromatic heterocycles. The van der Waals surface area contributed by atoms with Gasteiger partial charge in [0.1, 0.15) is 0 Å².